The van der Waals surface area contributed by atoms with Crippen molar-refractivity contribution in [2.75, 3.05) is 0 Å². The third-order valence-corrected chi connectivity index (χ3v) is 9.67. The normalized spacial score (nSPS) is 17.7. The second kappa shape index (κ2) is 9.68. The third kappa shape index (κ3) is 4.91. The number of sulfonamides is 2. The highest BCUT2D eigenvalue weighted by atomic mass is 32.2. The van der Waals surface area contributed by atoms with Crippen molar-refractivity contribution in [1.29, 1.82) is 5.26 Å². The quantitative estimate of drug-likeness (QED) is 0.319. The number of aryl methyl sites for hydroxylation is 1. The lowest BCUT2D eigenvalue weighted by Crippen LogP contribution is -2.31. The van der Waals surface area contributed by atoms with E-state index in [9.17, 15) is 26.9 Å². The summed E-state index contributed by atoms with van der Waals surface area (Å²) in [6, 6.07) is 19.5. The maximum absolute atomic E-state index is 13.4. The Balaban J connectivity index is 1.51. The number of nitriles is 1. The molecule has 5 rings (SSSR count). The Labute approximate surface area is 219 Å². The number of nitrogens with one attached hydrogen (secondary N) is 3. The molecule has 3 aromatic carbocycles. The minimum absolute atomic E-state index is 0.0180. The number of para-hydroxylation sites is 2. The molecule has 0 aliphatic carbocycles. The number of fused-ring (bicyclic) bond motifs is 1. The predicted molar refractivity (Wildman–Crippen MR) is 140 cm³/mol. The summed E-state index contributed by atoms with van der Waals surface area (Å²) in [7, 11) is -7.92. The fourth-order valence-electron chi connectivity index (χ4n) is 4.66. The van der Waals surface area contributed by atoms with Crippen LogP contribution in [0.3, 0.4) is 0 Å². The van der Waals surface area contributed by atoms with Crippen LogP contribution >= 0.6 is 0 Å². The van der Waals surface area contributed by atoms with Crippen LogP contribution in [-0.2, 0) is 31.3 Å². The first kappa shape index (κ1) is 25.6. The first-order valence-electron chi connectivity index (χ1n) is 11.7. The number of benzene rings is 3. The monoisotopic (exact) mass is 549 g/mol. The van der Waals surface area contributed by atoms with Gasteiger partial charge in [-0.05, 0) is 54.3 Å². The second-order valence-electron chi connectivity index (χ2n) is 9.08. The Hall–Kier alpha value is -4.05. The molecule has 2 heterocycles. The van der Waals surface area contributed by atoms with E-state index < -0.39 is 37.2 Å². The molecule has 3 N–H and O–H groups in total. The van der Waals surface area contributed by atoms with Gasteiger partial charge in [-0.3, -0.25) is 9.52 Å². The molecule has 0 radical (unpaired) electrons. The summed E-state index contributed by atoms with van der Waals surface area (Å²) < 4.78 is 56.2. The molecule has 38 heavy (non-hydrogen) atoms. The number of nitrogens with zero attached hydrogens (tertiary/aromatic N) is 2. The summed E-state index contributed by atoms with van der Waals surface area (Å²) in [4.78, 5) is 19.3. The number of carbonyl (C=O) groups excluding carboxylic acids is 1. The van der Waals surface area contributed by atoms with Crippen LogP contribution in [0.1, 0.15) is 45.8 Å². The highest BCUT2D eigenvalue weighted by molar-refractivity contribution is 7.90. The molecule has 1 aliphatic rings. The van der Waals surface area contributed by atoms with Gasteiger partial charge in [-0.25, -0.2) is 26.5 Å². The lowest BCUT2D eigenvalue weighted by atomic mass is 9.97. The summed E-state index contributed by atoms with van der Waals surface area (Å²) in [6.07, 6.45) is 0.0335. The van der Waals surface area contributed by atoms with Gasteiger partial charge in [0, 0.05) is 0 Å². The summed E-state index contributed by atoms with van der Waals surface area (Å²) >= 11 is 0. The van der Waals surface area contributed by atoms with E-state index in [4.69, 9.17) is 0 Å². The smallest absolute Gasteiger partial charge is 0.242 e. The minimum Gasteiger partial charge on any atom is -0.341 e. The van der Waals surface area contributed by atoms with Gasteiger partial charge in [-0.2, -0.15) is 5.26 Å². The van der Waals surface area contributed by atoms with E-state index in [0.29, 0.717) is 22.5 Å². The van der Waals surface area contributed by atoms with Crippen LogP contribution in [0, 0.1) is 18.3 Å². The SMILES string of the molecule is Cc1cc(C[C@H](NS(=O)(=O)c2ccccc2C#N)c2nc3ccccc3[nH]2)ccc1C1CC(=O)NS1(=O)=O. The Kier molecular flexibility index (Phi) is 6.52. The molecule has 0 bridgehead atoms. The van der Waals surface area contributed by atoms with Crippen molar-refractivity contribution in [2.24, 2.45) is 0 Å². The van der Waals surface area contributed by atoms with Crippen molar-refractivity contribution in [1.82, 2.24) is 19.4 Å². The summed E-state index contributed by atoms with van der Waals surface area (Å²) in [6.45, 7) is 1.75. The van der Waals surface area contributed by atoms with Crippen LogP contribution in [0.4, 0.5) is 0 Å². The van der Waals surface area contributed by atoms with Crippen LogP contribution in [0.2, 0.25) is 0 Å². The van der Waals surface area contributed by atoms with E-state index in [-0.39, 0.29) is 23.3 Å². The topological polar surface area (TPSA) is 162 Å². The molecular weight excluding hydrogens is 526 g/mol. The van der Waals surface area contributed by atoms with E-state index in [1.807, 2.05) is 35.1 Å². The number of amides is 1. The van der Waals surface area contributed by atoms with Crippen LogP contribution in [-0.4, -0.2) is 32.7 Å². The van der Waals surface area contributed by atoms with E-state index >= 15 is 0 Å². The lowest BCUT2D eigenvalue weighted by molar-refractivity contribution is -0.118. The largest absolute Gasteiger partial charge is 0.341 e. The van der Waals surface area contributed by atoms with Crippen molar-refractivity contribution < 1.29 is 21.6 Å². The molecule has 1 unspecified atom stereocenters. The van der Waals surface area contributed by atoms with Crippen molar-refractivity contribution in [2.45, 2.75) is 36.0 Å². The van der Waals surface area contributed by atoms with Crippen molar-refractivity contribution >= 4 is 37.0 Å². The van der Waals surface area contributed by atoms with Gasteiger partial charge in [0.05, 0.1) is 34.0 Å². The molecule has 1 amide bonds. The Bertz CT molecular complexity index is 1790. The van der Waals surface area contributed by atoms with E-state index in [0.717, 1.165) is 11.1 Å². The van der Waals surface area contributed by atoms with Gasteiger partial charge < -0.3 is 4.98 Å². The van der Waals surface area contributed by atoms with E-state index in [2.05, 4.69) is 14.7 Å². The van der Waals surface area contributed by atoms with Crippen molar-refractivity contribution in [3.05, 3.63) is 94.8 Å². The number of aromatic nitrogens is 2. The fourth-order valence-corrected chi connectivity index (χ4v) is 7.53. The first-order chi connectivity index (χ1) is 18.1. The maximum atomic E-state index is 13.4. The summed E-state index contributed by atoms with van der Waals surface area (Å²) in [5, 5.41) is 8.46. The zero-order valence-corrected chi connectivity index (χ0v) is 21.8. The van der Waals surface area contributed by atoms with Crippen LogP contribution < -0.4 is 9.44 Å². The molecule has 1 saturated heterocycles. The average molecular weight is 550 g/mol. The minimum atomic E-state index is -4.12. The molecular formula is C26H23N5O5S2. The lowest BCUT2D eigenvalue weighted by Gasteiger charge is -2.19. The number of hydrogen-bond donors (Lipinski definition) is 3. The van der Waals surface area contributed by atoms with Gasteiger partial charge in [-0.15, -0.1) is 0 Å². The van der Waals surface area contributed by atoms with E-state index in [1.165, 1.54) is 12.1 Å². The summed E-state index contributed by atoms with van der Waals surface area (Å²) in [5.74, 6) is -0.158. The molecule has 10 nitrogen and oxygen atoms in total. The van der Waals surface area contributed by atoms with Crippen molar-refractivity contribution in [3.63, 3.8) is 0 Å². The fraction of sp³-hybridized carbons (Fsp3) is 0.192. The number of imidazole rings is 1. The molecule has 4 aromatic rings. The Morgan fingerprint density at radius 3 is 2.55 bits per heavy atom. The first-order valence-corrected chi connectivity index (χ1v) is 14.7. The molecule has 12 heteroatoms. The average Bonchev–Trinajstić information content (AvgIpc) is 3.43. The Morgan fingerprint density at radius 2 is 1.87 bits per heavy atom. The van der Waals surface area contributed by atoms with E-state index in [1.54, 1.807) is 37.3 Å². The number of hydrogen-bond acceptors (Lipinski definition) is 7. The van der Waals surface area contributed by atoms with Crippen LogP contribution in [0.25, 0.3) is 11.0 Å². The number of rotatable bonds is 7. The van der Waals surface area contributed by atoms with Gasteiger partial charge in [0.1, 0.15) is 17.1 Å². The molecule has 0 spiro atoms. The van der Waals surface area contributed by atoms with Crippen LogP contribution in [0.5, 0.6) is 0 Å². The highest BCUT2D eigenvalue weighted by Crippen LogP contribution is 2.33. The highest BCUT2D eigenvalue weighted by Gasteiger charge is 2.38. The Morgan fingerprint density at radius 1 is 1.13 bits per heavy atom. The standard InChI is InChI=1S/C26H23N5O5S2/c1-16-12-17(10-11-19(16)24-14-25(32)31-38(24,35)36)13-22(26-28-20-7-3-4-8-21(20)29-26)30-37(33,34)23-9-5-2-6-18(23)15-27/h2-12,22,24,30H,13-14H2,1H3,(H,28,29)(H,31,32)/t22-,24?/m0/s1. The van der Waals surface area contributed by atoms with Gasteiger partial charge >= 0.3 is 0 Å². The number of aromatic amines is 1. The molecule has 0 saturated carbocycles. The van der Waals surface area contributed by atoms with Gasteiger partial charge in [0.25, 0.3) is 0 Å². The zero-order chi connectivity index (χ0) is 27.1. The second-order valence-corrected chi connectivity index (χ2v) is 12.6. The molecule has 1 aromatic heterocycles. The van der Waals surface area contributed by atoms with Crippen LogP contribution in [0.15, 0.2) is 71.6 Å². The number of carbonyl (C=O) groups is 1. The summed E-state index contributed by atoms with van der Waals surface area (Å²) in [5.41, 5.74) is 3.31. The predicted octanol–water partition coefficient (Wildman–Crippen LogP) is 2.90. The van der Waals surface area contributed by atoms with Gasteiger partial charge in [0.2, 0.25) is 26.0 Å². The number of H-pyrrole nitrogens is 1. The zero-order valence-electron chi connectivity index (χ0n) is 20.2. The van der Waals surface area contributed by atoms with Gasteiger partial charge in [-0.1, -0.05) is 42.5 Å². The molecule has 1 aliphatic heterocycles. The maximum Gasteiger partial charge on any atom is 0.242 e. The third-order valence-electron chi connectivity index (χ3n) is 6.45. The van der Waals surface area contributed by atoms with Gasteiger partial charge in [0.15, 0.2) is 0 Å². The molecule has 194 valence electrons. The molecule has 2 atom stereocenters. The van der Waals surface area contributed by atoms with Crippen molar-refractivity contribution in [3.8, 4) is 6.07 Å². The molecule has 1 fully saturated rings.